The number of para-hydroxylation sites is 2. The lowest BCUT2D eigenvalue weighted by Crippen LogP contribution is -2.01. The van der Waals surface area contributed by atoms with Gasteiger partial charge in [0.2, 0.25) is 0 Å². The Labute approximate surface area is 261 Å². The number of fused-ring (bicyclic) bond motifs is 3. The van der Waals surface area contributed by atoms with Crippen LogP contribution in [0.5, 0.6) is 11.5 Å². The molecule has 0 amide bonds. The van der Waals surface area contributed by atoms with Crippen LogP contribution in [0.15, 0.2) is 146 Å². The fourth-order valence-electron chi connectivity index (χ4n) is 6.37. The van der Waals surface area contributed by atoms with E-state index in [4.69, 9.17) is 9.72 Å². The molecule has 0 fully saturated rings. The number of rotatable bonds is 6. The van der Waals surface area contributed by atoms with Gasteiger partial charge in [-0.1, -0.05) is 72.8 Å². The lowest BCUT2D eigenvalue weighted by Gasteiger charge is -2.16. The van der Waals surface area contributed by atoms with Crippen molar-refractivity contribution in [1.29, 1.82) is 0 Å². The van der Waals surface area contributed by atoms with Crippen molar-refractivity contribution in [3.8, 4) is 45.6 Å². The Morgan fingerprint density at radius 2 is 1.29 bits per heavy atom. The average molecular weight is 583 g/mol. The Balaban J connectivity index is 1.22. The molecule has 0 spiro atoms. The molecule has 0 unspecified atom stereocenters. The molecule has 216 valence electrons. The summed E-state index contributed by atoms with van der Waals surface area (Å²) < 4.78 is 11.0. The Morgan fingerprint density at radius 1 is 0.556 bits per heavy atom. The molecule has 0 saturated carbocycles. The molecule has 5 heteroatoms. The zero-order valence-corrected chi connectivity index (χ0v) is 25.1. The third-order valence-electron chi connectivity index (χ3n) is 8.37. The molecule has 3 aromatic heterocycles. The minimum atomic E-state index is 0.739. The highest BCUT2D eigenvalue weighted by Gasteiger charge is 2.19. The van der Waals surface area contributed by atoms with Crippen LogP contribution in [-0.2, 0) is 0 Å². The number of nitrogens with zero attached hydrogens (tertiary/aromatic N) is 4. The molecular weight excluding hydrogens is 552 g/mol. The first-order valence-electron chi connectivity index (χ1n) is 15.1. The fourth-order valence-corrected chi connectivity index (χ4v) is 6.37. The van der Waals surface area contributed by atoms with Crippen LogP contribution in [0.2, 0.25) is 0 Å². The molecule has 0 aliphatic rings. The van der Waals surface area contributed by atoms with E-state index in [1.165, 1.54) is 22.1 Å². The predicted octanol–water partition coefficient (Wildman–Crippen LogP) is 10.1. The maximum Gasteiger partial charge on any atom is 0.145 e. The van der Waals surface area contributed by atoms with E-state index in [1.54, 1.807) is 0 Å². The van der Waals surface area contributed by atoms with Gasteiger partial charge >= 0.3 is 0 Å². The van der Waals surface area contributed by atoms with Gasteiger partial charge in [-0.15, -0.1) is 0 Å². The smallest absolute Gasteiger partial charge is 0.145 e. The fraction of sp³-hybridized carbons (Fsp3) is 0.0500. The molecule has 8 aromatic rings. The monoisotopic (exact) mass is 582 g/mol. The van der Waals surface area contributed by atoms with Crippen molar-refractivity contribution in [3.63, 3.8) is 0 Å². The average Bonchev–Trinajstić information content (AvgIpc) is 3.65. The molecular formula is C40H30N4O. The van der Waals surface area contributed by atoms with Crippen LogP contribution in [0.3, 0.4) is 0 Å². The van der Waals surface area contributed by atoms with Crippen molar-refractivity contribution in [2.24, 2.45) is 0 Å². The minimum Gasteiger partial charge on any atom is -0.457 e. The Kier molecular flexibility index (Phi) is 6.50. The zero-order valence-electron chi connectivity index (χ0n) is 25.1. The summed E-state index contributed by atoms with van der Waals surface area (Å²) in [7, 11) is 0. The second kappa shape index (κ2) is 11.0. The van der Waals surface area contributed by atoms with Gasteiger partial charge in [0.25, 0.3) is 0 Å². The van der Waals surface area contributed by atoms with Crippen LogP contribution >= 0.6 is 0 Å². The standard InChI is InChI=1S/C40H30N4O/c1-27-12-10-13-28(2)39(27)37-26-42-40(43(37)30-15-4-3-5-16-30)29-14-11-17-31(24-29)45-32-21-22-34-33-18-6-7-19-35(33)44(36(34)25-32)38-20-8-9-23-41-38/h3-26H,1-2H3. The molecule has 0 radical (unpaired) electrons. The largest absolute Gasteiger partial charge is 0.457 e. The number of ether oxygens (including phenoxy) is 1. The second-order valence-corrected chi connectivity index (χ2v) is 11.3. The first-order chi connectivity index (χ1) is 22.2. The highest BCUT2D eigenvalue weighted by Crippen LogP contribution is 2.37. The summed E-state index contributed by atoms with van der Waals surface area (Å²) >= 11 is 0. The second-order valence-electron chi connectivity index (χ2n) is 11.3. The van der Waals surface area contributed by atoms with Crippen molar-refractivity contribution in [3.05, 3.63) is 157 Å². The van der Waals surface area contributed by atoms with E-state index in [0.29, 0.717) is 0 Å². The molecule has 0 aliphatic heterocycles. The first kappa shape index (κ1) is 26.7. The number of imidazole rings is 1. The minimum absolute atomic E-state index is 0.739. The van der Waals surface area contributed by atoms with Gasteiger partial charge in [-0.25, -0.2) is 9.97 Å². The summed E-state index contributed by atoms with van der Waals surface area (Å²) in [5.41, 5.74) is 8.87. The lowest BCUT2D eigenvalue weighted by atomic mass is 10.00. The maximum atomic E-state index is 6.54. The molecule has 0 aliphatic carbocycles. The summed E-state index contributed by atoms with van der Waals surface area (Å²) in [6.07, 6.45) is 3.81. The number of aromatic nitrogens is 4. The highest BCUT2D eigenvalue weighted by molar-refractivity contribution is 6.09. The molecule has 8 rings (SSSR count). The van der Waals surface area contributed by atoms with Crippen molar-refractivity contribution in [2.45, 2.75) is 13.8 Å². The maximum absolute atomic E-state index is 6.54. The summed E-state index contributed by atoms with van der Waals surface area (Å²) in [5.74, 6) is 3.22. The van der Waals surface area contributed by atoms with Gasteiger partial charge in [0, 0.05) is 39.8 Å². The molecule has 0 bridgehead atoms. The van der Waals surface area contributed by atoms with Gasteiger partial charge in [0.15, 0.2) is 0 Å². The predicted molar refractivity (Wildman–Crippen MR) is 183 cm³/mol. The van der Waals surface area contributed by atoms with E-state index in [-0.39, 0.29) is 0 Å². The summed E-state index contributed by atoms with van der Waals surface area (Å²) in [5, 5.41) is 2.33. The molecule has 3 heterocycles. The van der Waals surface area contributed by atoms with Gasteiger partial charge in [-0.05, 0) is 79.6 Å². The highest BCUT2D eigenvalue weighted by atomic mass is 16.5. The van der Waals surface area contributed by atoms with E-state index in [0.717, 1.165) is 56.5 Å². The van der Waals surface area contributed by atoms with Gasteiger partial charge in [-0.3, -0.25) is 9.13 Å². The number of hydrogen-bond donors (Lipinski definition) is 0. The van der Waals surface area contributed by atoms with Crippen LogP contribution in [0.25, 0.3) is 56.0 Å². The number of pyridine rings is 1. The van der Waals surface area contributed by atoms with Crippen molar-refractivity contribution >= 4 is 21.8 Å². The van der Waals surface area contributed by atoms with E-state index < -0.39 is 0 Å². The number of aryl methyl sites for hydroxylation is 2. The molecule has 0 N–H and O–H groups in total. The van der Waals surface area contributed by atoms with Crippen LogP contribution in [0, 0.1) is 13.8 Å². The molecule has 5 aromatic carbocycles. The van der Waals surface area contributed by atoms with Crippen LogP contribution in [0.1, 0.15) is 11.1 Å². The van der Waals surface area contributed by atoms with E-state index in [2.05, 4.69) is 119 Å². The molecule has 5 nitrogen and oxygen atoms in total. The summed E-state index contributed by atoms with van der Waals surface area (Å²) in [4.78, 5) is 9.64. The van der Waals surface area contributed by atoms with Crippen molar-refractivity contribution in [2.75, 3.05) is 0 Å². The zero-order chi connectivity index (χ0) is 30.3. The van der Waals surface area contributed by atoms with Crippen LogP contribution in [-0.4, -0.2) is 19.1 Å². The van der Waals surface area contributed by atoms with E-state index in [9.17, 15) is 0 Å². The van der Waals surface area contributed by atoms with Gasteiger partial charge in [0.1, 0.15) is 23.1 Å². The van der Waals surface area contributed by atoms with Gasteiger partial charge in [0.05, 0.1) is 22.9 Å². The third-order valence-corrected chi connectivity index (χ3v) is 8.37. The normalized spacial score (nSPS) is 11.3. The SMILES string of the molecule is Cc1cccc(C)c1-c1cnc(-c2cccc(Oc3ccc4c5ccccc5n(-c5ccccn5)c4c3)c2)n1-c1ccccc1. The van der Waals surface area contributed by atoms with Gasteiger partial charge < -0.3 is 4.74 Å². The van der Waals surface area contributed by atoms with Crippen LogP contribution < -0.4 is 4.74 Å². The summed E-state index contributed by atoms with van der Waals surface area (Å²) in [6.45, 7) is 4.31. The molecule has 0 saturated heterocycles. The van der Waals surface area contributed by atoms with E-state index in [1.807, 2.05) is 54.9 Å². The van der Waals surface area contributed by atoms with Gasteiger partial charge in [-0.2, -0.15) is 0 Å². The first-order valence-corrected chi connectivity index (χ1v) is 15.1. The Morgan fingerprint density at radius 3 is 2.11 bits per heavy atom. The van der Waals surface area contributed by atoms with Crippen LogP contribution in [0.4, 0.5) is 0 Å². The summed E-state index contributed by atoms with van der Waals surface area (Å²) in [6, 6.07) is 45.7. The molecule has 45 heavy (non-hydrogen) atoms. The van der Waals surface area contributed by atoms with Crippen molar-refractivity contribution < 1.29 is 4.74 Å². The third kappa shape index (κ3) is 4.66. The quantitative estimate of drug-likeness (QED) is 0.196. The Hall–Kier alpha value is -5.94. The lowest BCUT2D eigenvalue weighted by molar-refractivity contribution is 0.483. The number of hydrogen-bond acceptors (Lipinski definition) is 3. The number of benzene rings is 5. The van der Waals surface area contributed by atoms with E-state index >= 15 is 0 Å². The Bertz CT molecular complexity index is 2300. The molecule has 0 atom stereocenters. The van der Waals surface area contributed by atoms with Crippen molar-refractivity contribution in [1.82, 2.24) is 19.1 Å². The topological polar surface area (TPSA) is 44.9 Å².